The first kappa shape index (κ1) is 6.80. The summed E-state index contributed by atoms with van der Waals surface area (Å²) in [4.78, 5) is 0. The molecule has 0 saturated carbocycles. The van der Waals surface area contributed by atoms with Crippen LogP contribution in [0.15, 0.2) is 29.3 Å². The minimum Gasteiger partial charge on any atom is -0.364 e. The van der Waals surface area contributed by atoms with Crippen molar-refractivity contribution in [3.05, 3.63) is 24.7 Å². The van der Waals surface area contributed by atoms with Gasteiger partial charge in [-0.1, -0.05) is 5.16 Å². The maximum atomic E-state index is 11.4. The fraction of sp³-hybridized carbons (Fsp3) is 0.167. The van der Waals surface area contributed by atoms with E-state index in [9.17, 15) is 4.39 Å². The summed E-state index contributed by atoms with van der Waals surface area (Å²) in [6.07, 6.45) is 3.27. The van der Waals surface area contributed by atoms with Crippen molar-refractivity contribution < 1.29 is 8.91 Å². The molecule has 0 atom stereocenters. The van der Waals surface area contributed by atoms with Crippen LogP contribution in [0.5, 0.6) is 0 Å². The van der Waals surface area contributed by atoms with Gasteiger partial charge in [0.1, 0.15) is 6.26 Å². The molecule has 1 heterocycles. The Morgan fingerprint density at radius 3 is 3.30 bits per heavy atom. The molecule has 0 fully saturated rings. The minimum absolute atomic E-state index is 0.420. The summed E-state index contributed by atoms with van der Waals surface area (Å²) in [5.74, 6) is 0.609. The Bertz CT molecular complexity index is 196. The molecule has 1 aromatic rings. The SMILES string of the molecule is FC=CCNc1ccon1. The van der Waals surface area contributed by atoms with Crippen LogP contribution in [0.25, 0.3) is 0 Å². The fourth-order valence-corrected chi connectivity index (χ4v) is 0.512. The van der Waals surface area contributed by atoms with Gasteiger partial charge in [0, 0.05) is 12.6 Å². The van der Waals surface area contributed by atoms with Gasteiger partial charge in [0.05, 0.1) is 6.33 Å². The van der Waals surface area contributed by atoms with Crippen molar-refractivity contribution in [2.75, 3.05) is 11.9 Å². The van der Waals surface area contributed by atoms with E-state index in [-0.39, 0.29) is 0 Å². The monoisotopic (exact) mass is 142 g/mol. The number of aromatic nitrogens is 1. The zero-order valence-corrected chi connectivity index (χ0v) is 5.25. The van der Waals surface area contributed by atoms with Crippen molar-refractivity contribution in [2.45, 2.75) is 0 Å². The molecule has 0 unspecified atom stereocenters. The standard InChI is InChI=1S/C6H7FN2O/c7-3-1-4-8-6-2-5-10-9-6/h1-3,5H,4H2,(H,8,9). The molecule has 0 spiro atoms. The molecule has 1 N–H and O–H groups in total. The Morgan fingerprint density at radius 1 is 1.80 bits per heavy atom. The van der Waals surface area contributed by atoms with Crippen molar-refractivity contribution >= 4 is 5.82 Å². The van der Waals surface area contributed by atoms with Crippen molar-refractivity contribution in [3.63, 3.8) is 0 Å². The van der Waals surface area contributed by atoms with Crippen LogP contribution >= 0.6 is 0 Å². The lowest BCUT2D eigenvalue weighted by molar-refractivity contribution is 0.422. The lowest BCUT2D eigenvalue weighted by atomic mass is 10.5. The molecule has 0 aliphatic heterocycles. The third kappa shape index (κ3) is 1.89. The Balaban J connectivity index is 2.28. The van der Waals surface area contributed by atoms with Crippen LogP contribution in [0.1, 0.15) is 0 Å². The molecule has 4 heteroatoms. The predicted octanol–water partition coefficient (Wildman–Crippen LogP) is 1.57. The summed E-state index contributed by atoms with van der Waals surface area (Å²) in [6, 6.07) is 1.66. The third-order valence-corrected chi connectivity index (χ3v) is 0.928. The first-order valence-electron chi connectivity index (χ1n) is 2.83. The summed E-state index contributed by atoms with van der Waals surface area (Å²) >= 11 is 0. The number of rotatable bonds is 3. The molecule has 0 aromatic carbocycles. The Labute approximate surface area is 57.5 Å². The summed E-state index contributed by atoms with van der Waals surface area (Å²) in [7, 11) is 0. The molecule has 1 aromatic heterocycles. The lowest BCUT2D eigenvalue weighted by Crippen LogP contribution is -1.97. The number of nitrogens with one attached hydrogen (secondary N) is 1. The zero-order valence-electron chi connectivity index (χ0n) is 5.25. The van der Waals surface area contributed by atoms with Crippen molar-refractivity contribution in [1.82, 2.24) is 5.16 Å². The van der Waals surface area contributed by atoms with Crippen LogP contribution in [-0.2, 0) is 0 Å². The van der Waals surface area contributed by atoms with E-state index in [1.807, 2.05) is 0 Å². The molecule has 10 heavy (non-hydrogen) atoms. The largest absolute Gasteiger partial charge is 0.364 e. The van der Waals surface area contributed by atoms with Gasteiger partial charge in [0.15, 0.2) is 5.82 Å². The van der Waals surface area contributed by atoms with Crippen LogP contribution in [0, 0.1) is 0 Å². The van der Waals surface area contributed by atoms with Crippen LogP contribution < -0.4 is 5.32 Å². The Morgan fingerprint density at radius 2 is 2.70 bits per heavy atom. The maximum absolute atomic E-state index is 11.4. The van der Waals surface area contributed by atoms with E-state index in [0.717, 1.165) is 0 Å². The molecule has 0 bridgehead atoms. The highest BCUT2D eigenvalue weighted by molar-refractivity contribution is 5.31. The second-order valence-electron chi connectivity index (χ2n) is 1.63. The zero-order chi connectivity index (χ0) is 7.23. The maximum Gasteiger partial charge on any atom is 0.169 e. The van der Waals surface area contributed by atoms with E-state index in [4.69, 9.17) is 0 Å². The van der Waals surface area contributed by atoms with Crippen molar-refractivity contribution in [1.29, 1.82) is 0 Å². The van der Waals surface area contributed by atoms with Crippen LogP contribution in [0.2, 0.25) is 0 Å². The number of nitrogens with zero attached hydrogens (tertiary/aromatic N) is 1. The van der Waals surface area contributed by atoms with Crippen molar-refractivity contribution in [2.24, 2.45) is 0 Å². The normalized spacial score (nSPS) is 10.5. The molecule has 0 aliphatic rings. The molecule has 54 valence electrons. The molecule has 0 radical (unpaired) electrons. The highest BCUT2D eigenvalue weighted by Crippen LogP contribution is 1.99. The van der Waals surface area contributed by atoms with E-state index in [2.05, 4.69) is 15.0 Å². The highest BCUT2D eigenvalue weighted by Gasteiger charge is 1.89. The second-order valence-corrected chi connectivity index (χ2v) is 1.63. The van der Waals surface area contributed by atoms with E-state index >= 15 is 0 Å². The fourth-order valence-electron chi connectivity index (χ4n) is 0.512. The van der Waals surface area contributed by atoms with Crippen LogP contribution in [0.4, 0.5) is 10.2 Å². The van der Waals surface area contributed by atoms with Crippen molar-refractivity contribution in [3.8, 4) is 0 Å². The van der Waals surface area contributed by atoms with Crippen LogP contribution in [-0.4, -0.2) is 11.7 Å². The Kier molecular flexibility index (Phi) is 2.49. The van der Waals surface area contributed by atoms with Crippen LogP contribution in [0.3, 0.4) is 0 Å². The first-order chi connectivity index (χ1) is 4.93. The van der Waals surface area contributed by atoms with E-state index in [1.165, 1.54) is 12.3 Å². The number of halogens is 1. The molecule has 0 saturated heterocycles. The average molecular weight is 142 g/mol. The first-order valence-corrected chi connectivity index (χ1v) is 2.83. The van der Waals surface area contributed by atoms with Gasteiger partial charge in [0.25, 0.3) is 0 Å². The van der Waals surface area contributed by atoms with Gasteiger partial charge in [-0.2, -0.15) is 0 Å². The van der Waals surface area contributed by atoms with Gasteiger partial charge >= 0.3 is 0 Å². The van der Waals surface area contributed by atoms with Gasteiger partial charge in [0.2, 0.25) is 0 Å². The molecule has 0 aliphatic carbocycles. The summed E-state index contributed by atoms with van der Waals surface area (Å²) in [6.45, 7) is 0.420. The molecule has 1 rings (SSSR count). The molecular formula is C6H7FN2O. The molecule has 3 nitrogen and oxygen atoms in total. The van der Waals surface area contributed by atoms with E-state index in [1.54, 1.807) is 6.07 Å². The minimum atomic E-state index is 0.420. The average Bonchev–Trinajstić information content (AvgIpc) is 2.41. The second kappa shape index (κ2) is 3.66. The highest BCUT2D eigenvalue weighted by atomic mass is 19.1. The topological polar surface area (TPSA) is 38.1 Å². The summed E-state index contributed by atoms with van der Waals surface area (Å²) < 4.78 is 15.9. The quantitative estimate of drug-likeness (QED) is 0.696. The van der Waals surface area contributed by atoms with Gasteiger partial charge in [-0.25, -0.2) is 4.39 Å². The van der Waals surface area contributed by atoms with E-state index < -0.39 is 0 Å². The number of anilines is 1. The molecule has 0 amide bonds. The third-order valence-electron chi connectivity index (χ3n) is 0.928. The molecular weight excluding hydrogens is 135 g/mol. The number of hydrogen-bond acceptors (Lipinski definition) is 3. The number of hydrogen-bond donors (Lipinski definition) is 1. The van der Waals surface area contributed by atoms with Gasteiger partial charge in [-0.3, -0.25) is 0 Å². The van der Waals surface area contributed by atoms with Gasteiger partial charge in [-0.15, -0.1) is 0 Å². The predicted molar refractivity (Wildman–Crippen MR) is 35.2 cm³/mol. The smallest absolute Gasteiger partial charge is 0.169 e. The van der Waals surface area contributed by atoms with Gasteiger partial charge < -0.3 is 9.84 Å². The Hall–Kier alpha value is -1.32. The lowest BCUT2D eigenvalue weighted by Gasteiger charge is -1.92. The van der Waals surface area contributed by atoms with E-state index in [0.29, 0.717) is 18.7 Å². The summed E-state index contributed by atoms with van der Waals surface area (Å²) in [5, 5.41) is 6.34. The van der Waals surface area contributed by atoms with Gasteiger partial charge in [-0.05, 0) is 6.08 Å². The summed E-state index contributed by atoms with van der Waals surface area (Å²) in [5.41, 5.74) is 0.